The van der Waals surface area contributed by atoms with E-state index in [1.807, 2.05) is 0 Å². The van der Waals surface area contributed by atoms with Gasteiger partial charge in [-0.15, -0.1) is 0 Å². The molecule has 1 heteroatoms. The second kappa shape index (κ2) is 4.58. The van der Waals surface area contributed by atoms with Crippen LogP contribution in [-0.2, 0) is 4.79 Å². The molecule has 120 valence electrons. The topological polar surface area (TPSA) is 17.1 Å². The molecule has 0 aromatic carbocycles. The summed E-state index contributed by atoms with van der Waals surface area (Å²) >= 11 is 0. The number of allylic oxidation sites excluding steroid dienone is 2. The van der Waals surface area contributed by atoms with Crippen molar-refractivity contribution in [2.24, 2.45) is 34.5 Å². The Labute approximate surface area is 135 Å². The fraction of sp³-hybridized carbons (Fsp3) is 0.762. The summed E-state index contributed by atoms with van der Waals surface area (Å²) in [5.41, 5.74) is 2.56. The molecule has 0 aromatic rings. The number of Topliss-reactive ketones (excluding diaryl/α,β-unsaturated/α-hetero) is 1. The van der Waals surface area contributed by atoms with Crippen molar-refractivity contribution in [2.45, 2.75) is 65.2 Å². The van der Waals surface area contributed by atoms with Crippen molar-refractivity contribution in [3.8, 4) is 0 Å². The van der Waals surface area contributed by atoms with Crippen LogP contribution in [0.3, 0.4) is 0 Å². The largest absolute Gasteiger partial charge is 0.294 e. The normalized spacial score (nSPS) is 51.3. The smallest absolute Gasteiger partial charge is 0.162 e. The summed E-state index contributed by atoms with van der Waals surface area (Å²) in [6, 6.07) is 0. The van der Waals surface area contributed by atoms with E-state index < -0.39 is 0 Å². The molecule has 0 N–H and O–H groups in total. The molecule has 0 heterocycles. The van der Waals surface area contributed by atoms with E-state index in [4.69, 9.17) is 0 Å². The Morgan fingerprint density at radius 2 is 1.77 bits per heavy atom. The van der Waals surface area contributed by atoms with Gasteiger partial charge in [-0.2, -0.15) is 0 Å². The van der Waals surface area contributed by atoms with Crippen LogP contribution >= 0.6 is 0 Å². The summed E-state index contributed by atoms with van der Waals surface area (Å²) in [5.74, 6) is 3.29. The maximum atomic E-state index is 12.2. The zero-order chi connectivity index (χ0) is 15.7. The Morgan fingerprint density at radius 1 is 1.00 bits per heavy atom. The number of hydrogen-bond acceptors (Lipinski definition) is 1. The van der Waals surface area contributed by atoms with Gasteiger partial charge >= 0.3 is 0 Å². The van der Waals surface area contributed by atoms with Crippen molar-refractivity contribution in [1.82, 2.24) is 0 Å². The van der Waals surface area contributed by atoms with E-state index in [1.54, 1.807) is 0 Å². The first-order chi connectivity index (χ1) is 10.4. The molecular formula is C21H30O. The number of carbonyl (C=O) groups excluding carboxylic acids is 1. The van der Waals surface area contributed by atoms with Gasteiger partial charge < -0.3 is 0 Å². The molecule has 4 saturated carbocycles. The van der Waals surface area contributed by atoms with Gasteiger partial charge in [0.05, 0.1) is 0 Å². The molecule has 0 aliphatic heterocycles. The van der Waals surface area contributed by atoms with Gasteiger partial charge in [0.25, 0.3) is 0 Å². The highest BCUT2D eigenvalue weighted by Gasteiger charge is 2.59. The van der Waals surface area contributed by atoms with Gasteiger partial charge in [-0.25, -0.2) is 0 Å². The van der Waals surface area contributed by atoms with Gasteiger partial charge in [0.2, 0.25) is 0 Å². The summed E-state index contributed by atoms with van der Waals surface area (Å²) in [6.07, 6.45) is 10.3. The quantitative estimate of drug-likeness (QED) is 0.553. The van der Waals surface area contributed by atoms with Crippen LogP contribution in [-0.4, -0.2) is 5.78 Å². The summed E-state index contributed by atoms with van der Waals surface area (Å²) in [6.45, 7) is 13.4. The number of hydrogen-bond donors (Lipinski definition) is 0. The Morgan fingerprint density at radius 3 is 2.55 bits per heavy atom. The highest BCUT2D eigenvalue weighted by atomic mass is 16.1. The van der Waals surface area contributed by atoms with E-state index >= 15 is 0 Å². The van der Waals surface area contributed by atoms with E-state index in [2.05, 4.69) is 27.0 Å². The second-order valence-electron chi connectivity index (χ2n) is 9.10. The minimum absolute atomic E-state index is 0.137. The van der Waals surface area contributed by atoms with Crippen LogP contribution in [0.2, 0.25) is 0 Å². The summed E-state index contributed by atoms with van der Waals surface area (Å²) in [5, 5.41) is 0. The lowest BCUT2D eigenvalue weighted by Crippen LogP contribution is -2.53. The molecule has 4 aliphatic rings. The van der Waals surface area contributed by atoms with Gasteiger partial charge in [-0.1, -0.05) is 33.4 Å². The molecule has 22 heavy (non-hydrogen) atoms. The average Bonchev–Trinajstić information content (AvgIpc) is 2.89. The SMILES string of the molecule is C=C1C(=C)[C@@]2(C)C(CC[C@@H]3[C@H]2CC[C@]2(C)CCC[C@@H]32)CC1=O. The molecule has 0 radical (unpaired) electrons. The number of rotatable bonds is 0. The molecule has 4 fully saturated rings. The van der Waals surface area contributed by atoms with Gasteiger partial charge in [-0.05, 0) is 78.6 Å². The van der Waals surface area contributed by atoms with Crippen molar-refractivity contribution >= 4 is 5.78 Å². The average molecular weight is 298 g/mol. The first-order valence-electron chi connectivity index (χ1n) is 9.30. The Hall–Kier alpha value is -0.850. The number of fused-ring (bicyclic) bond motifs is 5. The highest BCUT2D eigenvalue weighted by Crippen LogP contribution is 2.67. The second-order valence-corrected chi connectivity index (χ2v) is 9.10. The van der Waals surface area contributed by atoms with Crippen LogP contribution in [0.4, 0.5) is 0 Å². The van der Waals surface area contributed by atoms with E-state index in [0.717, 1.165) is 35.3 Å². The minimum atomic E-state index is 0.137. The molecular weight excluding hydrogens is 268 g/mol. The molecule has 0 amide bonds. The molecule has 1 nitrogen and oxygen atoms in total. The Kier molecular flexibility index (Phi) is 3.07. The van der Waals surface area contributed by atoms with E-state index in [1.165, 1.54) is 44.9 Å². The highest BCUT2D eigenvalue weighted by molar-refractivity contribution is 6.00. The predicted octanol–water partition coefficient (Wildman–Crippen LogP) is 5.32. The lowest BCUT2D eigenvalue weighted by molar-refractivity contribution is -0.124. The fourth-order valence-corrected chi connectivity index (χ4v) is 7.05. The third kappa shape index (κ3) is 1.69. The summed E-state index contributed by atoms with van der Waals surface area (Å²) < 4.78 is 0. The van der Waals surface area contributed by atoms with Crippen LogP contribution in [0.25, 0.3) is 0 Å². The predicted molar refractivity (Wildman–Crippen MR) is 90.4 cm³/mol. The van der Waals surface area contributed by atoms with Crippen LogP contribution < -0.4 is 0 Å². The first-order valence-corrected chi connectivity index (χ1v) is 9.30. The molecule has 1 unspecified atom stereocenters. The zero-order valence-corrected chi connectivity index (χ0v) is 14.3. The number of carbonyl (C=O) groups is 1. The fourth-order valence-electron chi connectivity index (χ4n) is 7.05. The van der Waals surface area contributed by atoms with Gasteiger partial charge in [0.15, 0.2) is 5.78 Å². The minimum Gasteiger partial charge on any atom is -0.294 e. The lowest BCUT2D eigenvalue weighted by Gasteiger charge is -2.60. The molecule has 4 rings (SSSR count). The van der Waals surface area contributed by atoms with Crippen LogP contribution in [0, 0.1) is 34.5 Å². The van der Waals surface area contributed by atoms with Gasteiger partial charge in [0.1, 0.15) is 0 Å². The monoisotopic (exact) mass is 298 g/mol. The van der Waals surface area contributed by atoms with Gasteiger partial charge in [-0.3, -0.25) is 4.79 Å². The summed E-state index contributed by atoms with van der Waals surface area (Å²) in [7, 11) is 0. The maximum Gasteiger partial charge on any atom is 0.162 e. The third-order valence-electron chi connectivity index (χ3n) is 8.47. The zero-order valence-electron chi connectivity index (χ0n) is 14.3. The van der Waals surface area contributed by atoms with E-state index in [0.29, 0.717) is 11.3 Å². The molecule has 4 aliphatic carbocycles. The summed E-state index contributed by atoms with van der Waals surface area (Å²) in [4.78, 5) is 12.2. The lowest BCUT2D eigenvalue weighted by atomic mass is 9.44. The molecule has 0 bridgehead atoms. The van der Waals surface area contributed by atoms with Crippen molar-refractivity contribution < 1.29 is 4.79 Å². The molecule has 0 saturated heterocycles. The van der Waals surface area contributed by atoms with Crippen LogP contribution in [0.5, 0.6) is 0 Å². The standard InChI is InChI=1S/C21H30O/c1-13-14(2)21(4)15(12-19(13)22)7-8-16-17-6-5-10-20(17,3)11-9-18(16)21/h15-18H,1-2,5-12H2,3-4H3/t15?,16-,17-,18+,20-,21-/m0/s1. The van der Waals surface area contributed by atoms with Crippen molar-refractivity contribution in [2.75, 3.05) is 0 Å². The molecule has 0 spiro atoms. The van der Waals surface area contributed by atoms with Gasteiger partial charge in [0, 0.05) is 12.0 Å². The molecule has 6 atom stereocenters. The van der Waals surface area contributed by atoms with Crippen molar-refractivity contribution in [3.63, 3.8) is 0 Å². The van der Waals surface area contributed by atoms with Crippen molar-refractivity contribution in [1.29, 1.82) is 0 Å². The Bertz CT molecular complexity index is 558. The van der Waals surface area contributed by atoms with E-state index in [-0.39, 0.29) is 11.2 Å². The van der Waals surface area contributed by atoms with Crippen LogP contribution in [0.1, 0.15) is 65.2 Å². The third-order valence-corrected chi connectivity index (χ3v) is 8.47. The maximum absolute atomic E-state index is 12.2. The Balaban J connectivity index is 1.72. The van der Waals surface area contributed by atoms with Crippen LogP contribution in [0.15, 0.2) is 24.3 Å². The first kappa shape index (κ1) is 14.7. The van der Waals surface area contributed by atoms with Crippen molar-refractivity contribution in [3.05, 3.63) is 24.3 Å². The molecule has 0 aromatic heterocycles. The van der Waals surface area contributed by atoms with E-state index in [9.17, 15) is 4.79 Å². The number of ketones is 1.